The second-order valence-corrected chi connectivity index (χ2v) is 11.6. The Bertz CT molecular complexity index is 954. The third-order valence-corrected chi connectivity index (χ3v) is 6.78. The number of carbonyl (C=O) groups excluding carboxylic acids is 2. The summed E-state index contributed by atoms with van der Waals surface area (Å²) in [6.07, 6.45) is 4.04. The summed E-state index contributed by atoms with van der Waals surface area (Å²) >= 11 is 0. The molecule has 2 rings (SSSR count). The van der Waals surface area contributed by atoms with Crippen molar-refractivity contribution >= 4 is 21.8 Å². The number of carbonyl (C=O) groups is 2. The van der Waals surface area contributed by atoms with Crippen LogP contribution < -0.4 is 10.1 Å². The highest BCUT2D eigenvalue weighted by Gasteiger charge is 2.22. The Morgan fingerprint density at radius 1 is 1.25 bits per heavy atom. The van der Waals surface area contributed by atoms with E-state index in [2.05, 4.69) is 5.32 Å². The molecular formula is C23H33FN2O5S. The zero-order valence-corrected chi connectivity index (χ0v) is 20.0. The first-order valence-corrected chi connectivity index (χ1v) is 12.5. The number of hydrogen-bond acceptors (Lipinski definition) is 5. The number of amides is 3. The lowest BCUT2D eigenvalue weighted by molar-refractivity contribution is -0.121. The van der Waals surface area contributed by atoms with Gasteiger partial charge in [-0.25, -0.2) is 17.6 Å². The molecule has 178 valence electrons. The van der Waals surface area contributed by atoms with Crippen molar-refractivity contribution in [2.24, 2.45) is 5.41 Å². The van der Waals surface area contributed by atoms with Gasteiger partial charge in [-0.15, -0.1) is 0 Å². The van der Waals surface area contributed by atoms with Crippen molar-refractivity contribution in [2.75, 3.05) is 31.2 Å². The van der Waals surface area contributed by atoms with E-state index in [1.807, 2.05) is 20.8 Å². The summed E-state index contributed by atoms with van der Waals surface area (Å²) in [7, 11) is -3.33. The molecule has 0 bridgehead atoms. The molecule has 0 radical (unpaired) electrons. The van der Waals surface area contributed by atoms with Crippen LogP contribution in [0.4, 0.5) is 9.18 Å². The molecule has 1 N–H and O–H groups in total. The van der Waals surface area contributed by atoms with Gasteiger partial charge < -0.3 is 9.64 Å². The van der Waals surface area contributed by atoms with Crippen LogP contribution in [0.15, 0.2) is 30.4 Å². The van der Waals surface area contributed by atoms with Crippen molar-refractivity contribution in [1.29, 1.82) is 0 Å². The first kappa shape index (κ1) is 25.8. The number of rotatable bonds is 10. The van der Waals surface area contributed by atoms with Gasteiger partial charge in [0.2, 0.25) is 5.91 Å². The molecule has 1 aromatic carbocycles. The second kappa shape index (κ2) is 10.9. The number of nitrogens with zero attached hydrogens (tertiary/aromatic N) is 1. The monoisotopic (exact) mass is 468 g/mol. The van der Waals surface area contributed by atoms with E-state index in [-0.39, 0.29) is 40.9 Å². The van der Waals surface area contributed by atoms with E-state index in [9.17, 15) is 22.4 Å². The molecule has 0 saturated carbocycles. The number of nitrogens with one attached hydrogen (secondary N) is 1. The van der Waals surface area contributed by atoms with Gasteiger partial charge in [0.25, 0.3) is 0 Å². The lowest BCUT2D eigenvalue weighted by atomic mass is 9.98. The number of halogens is 1. The molecule has 32 heavy (non-hydrogen) atoms. The number of allylic oxidation sites excluding steroid dienone is 1. The highest BCUT2D eigenvalue weighted by molar-refractivity contribution is 7.91. The average molecular weight is 469 g/mol. The van der Waals surface area contributed by atoms with E-state index in [1.165, 1.54) is 11.0 Å². The normalized spacial score (nSPS) is 16.3. The molecule has 3 amide bonds. The smallest absolute Gasteiger partial charge is 0.324 e. The van der Waals surface area contributed by atoms with Crippen LogP contribution in [0.5, 0.6) is 5.75 Å². The van der Waals surface area contributed by atoms with E-state index in [1.54, 1.807) is 31.2 Å². The van der Waals surface area contributed by atoms with E-state index < -0.39 is 21.7 Å². The Morgan fingerprint density at radius 2 is 1.97 bits per heavy atom. The number of ether oxygens (including phenoxy) is 1. The number of hydrogen-bond donors (Lipinski definition) is 1. The zero-order chi connectivity index (χ0) is 23.9. The molecule has 9 heteroatoms. The minimum Gasteiger partial charge on any atom is -0.490 e. The first-order valence-electron chi connectivity index (χ1n) is 10.7. The highest BCUT2D eigenvalue weighted by atomic mass is 32.2. The summed E-state index contributed by atoms with van der Waals surface area (Å²) in [6.45, 7) is 8.78. The number of sulfone groups is 1. The van der Waals surface area contributed by atoms with Gasteiger partial charge in [-0.2, -0.15) is 0 Å². The van der Waals surface area contributed by atoms with Crippen LogP contribution in [0, 0.1) is 11.2 Å². The molecule has 0 aliphatic carbocycles. The van der Waals surface area contributed by atoms with Crippen LogP contribution in [0.25, 0.3) is 0 Å². The number of urea groups is 1. The first-order chi connectivity index (χ1) is 14.9. The molecule has 1 aliphatic heterocycles. The van der Waals surface area contributed by atoms with Gasteiger partial charge >= 0.3 is 6.03 Å². The molecule has 1 atom stereocenters. The molecule has 1 aliphatic rings. The minimum atomic E-state index is -3.33. The molecule has 1 heterocycles. The predicted octanol–water partition coefficient (Wildman–Crippen LogP) is 3.66. The van der Waals surface area contributed by atoms with Crippen LogP contribution in [-0.2, 0) is 14.6 Å². The van der Waals surface area contributed by atoms with Gasteiger partial charge in [-0.1, -0.05) is 45.9 Å². The van der Waals surface area contributed by atoms with Crippen molar-refractivity contribution in [1.82, 2.24) is 10.2 Å². The third kappa shape index (κ3) is 8.61. The molecule has 0 aromatic heterocycles. The van der Waals surface area contributed by atoms with Crippen LogP contribution in [0.2, 0.25) is 0 Å². The highest BCUT2D eigenvalue weighted by Crippen LogP contribution is 2.27. The van der Waals surface area contributed by atoms with E-state index in [0.29, 0.717) is 31.7 Å². The Hall–Kier alpha value is -2.42. The minimum absolute atomic E-state index is 0.0207. The number of benzene rings is 1. The van der Waals surface area contributed by atoms with Crippen LogP contribution >= 0.6 is 0 Å². The maximum atomic E-state index is 14.1. The molecule has 1 saturated heterocycles. The fourth-order valence-corrected chi connectivity index (χ4v) is 4.75. The van der Waals surface area contributed by atoms with E-state index >= 15 is 0 Å². The largest absolute Gasteiger partial charge is 0.490 e. The van der Waals surface area contributed by atoms with Gasteiger partial charge in [-0.05, 0) is 35.4 Å². The number of imide groups is 1. The fraction of sp³-hybridized carbons (Fsp3) is 0.565. The quantitative estimate of drug-likeness (QED) is 0.529. The van der Waals surface area contributed by atoms with Gasteiger partial charge in [0, 0.05) is 19.5 Å². The lowest BCUT2D eigenvalue weighted by Gasteiger charge is -2.25. The maximum Gasteiger partial charge on any atom is 0.324 e. The molecule has 0 spiro atoms. The van der Waals surface area contributed by atoms with Crippen molar-refractivity contribution in [2.45, 2.75) is 46.5 Å². The lowest BCUT2D eigenvalue weighted by Crippen LogP contribution is -2.49. The molecule has 0 unspecified atom stereocenters. The van der Waals surface area contributed by atoms with Crippen LogP contribution in [0.3, 0.4) is 0 Å². The summed E-state index contributed by atoms with van der Waals surface area (Å²) in [5, 5.41) is 2.24. The third-order valence-electron chi connectivity index (χ3n) is 4.92. The van der Waals surface area contributed by atoms with Crippen LogP contribution in [0.1, 0.15) is 52.0 Å². The Kier molecular flexibility index (Phi) is 8.83. The van der Waals surface area contributed by atoms with E-state index in [4.69, 9.17) is 4.74 Å². The van der Waals surface area contributed by atoms with E-state index in [0.717, 1.165) is 0 Å². The van der Waals surface area contributed by atoms with Gasteiger partial charge in [0.15, 0.2) is 21.4 Å². The maximum absolute atomic E-state index is 14.1. The van der Waals surface area contributed by atoms with Crippen molar-refractivity contribution in [3.63, 3.8) is 0 Å². The summed E-state index contributed by atoms with van der Waals surface area (Å²) in [6, 6.07) is 4.05. The van der Waals surface area contributed by atoms with Crippen molar-refractivity contribution in [3.8, 4) is 5.75 Å². The zero-order valence-electron chi connectivity index (χ0n) is 19.2. The van der Waals surface area contributed by atoms with Gasteiger partial charge in [-0.3, -0.25) is 10.1 Å². The molecule has 1 fully saturated rings. The second-order valence-electron chi connectivity index (χ2n) is 9.36. The van der Waals surface area contributed by atoms with Crippen LogP contribution in [-0.4, -0.2) is 56.5 Å². The fourth-order valence-electron chi connectivity index (χ4n) is 3.13. The Labute approximate surface area is 189 Å². The van der Waals surface area contributed by atoms with Gasteiger partial charge in [0.1, 0.15) is 0 Å². The molecule has 1 aromatic rings. The standard InChI is InChI=1S/C23H33FN2O5S/c1-17(18-8-9-19(24)20(14-18)31-16-23(2,3)4)15-32(29,30)13-7-5-6-11-26-12-10-21(27)25-22(26)28/h5-6,8-9,14,17H,7,10-13,15-16H2,1-4H3,(H,25,27,28)/b6-5+/t17-/m0/s1. The SMILES string of the molecule is C[C@@H](CS(=O)(=O)CC/C=C/CN1CCC(=O)NC1=O)c1ccc(F)c(OCC(C)(C)C)c1. The van der Waals surface area contributed by atoms with Crippen molar-refractivity contribution < 1.29 is 27.1 Å². The molecule has 7 nitrogen and oxygen atoms in total. The summed E-state index contributed by atoms with van der Waals surface area (Å²) in [5.74, 6) is -1.01. The van der Waals surface area contributed by atoms with Crippen molar-refractivity contribution in [3.05, 3.63) is 41.7 Å². The molecular weight excluding hydrogens is 435 g/mol. The Balaban J connectivity index is 1.86. The topological polar surface area (TPSA) is 92.8 Å². The summed E-state index contributed by atoms with van der Waals surface area (Å²) < 4.78 is 44.7. The Morgan fingerprint density at radius 3 is 2.62 bits per heavy atom. The summed E-state index contributed by atoms with van der Waals surface area (Å²) in [5.41, 5.74) is 0.584. The van der Waals surface area contributed by atoms with Gasteiger partial charge in [0.05, 0.1) is 18.1 Å². The summed E-state index contributed by atoms with van der Waals surface area (Å²) in [4.78, 5) is 24.3. The average Bonchev–Trinajstić information content (AvgIpc) is 2.67. The predicted molar refractivity (Wildman–Crippen MR) is 122 cm³/mol.